The lowest BCUT2D eigenvalue weighted by Crippen LogP contribution is -2.13. The highest BCUT2D eigenvalue weighted by Gasteiger charge is 1.99. The van der Waals surface area contributed by atoms with Gasteiger partial charge in [0.2, 0.25) is 0 Å². The molecular weight excluding hydrogens is 218 g/mol. The van der Waals surface area contributed by atoms with Gasteiger partial charge in [0.05, 0.1) is 12.7 Å². The molecule has 2 heterocycles. The average Bonchev–Trinajstić information content (AvgIpc) is 2.91. The molecule has 0 aromatic carbocycles. The molecule has 0 aliphatic heterocycles. The van der Waals surface area contributed by atoms with E-state index >= 15 is 0 Å². The summed E-state index contributed by atoms with van der Waals surface area (Å²) in [7, 11) is 0. The Morgan fingerprint density at radius 2 is 2.44 bits per heavy atom. The van der Waals surface area contributed by atoms with Crippen molar-refractivity contribution in [2.24, 2.45) is 0 Å². The van der Waals surface area contributed by atoms with Crippen molar-refractivity contribution in [3.8, 4) is 0 Å². The minimum Gasteiger partial charge on any atom is -0.313 e. The van der Waals surface area contributed by atoms with Crippen molar-refractivity contribution in [1.29, 1.82) is 0 Å². The maximum Gasteiger partial charge on any atom is 0.0752 e. The summed E-state index contributed by atoms with van der Waals surface area (Å²) in [5.41, 5.74) is 1.25. The van der Waals surface area contributed by atoms with Gasteiger partial charge in [0.15, 0.2) is 0 Å². The molecule has 0 bridgehead atoms. The predicted octanol–water partition coefficient (Wildman–Crippen LogP) is 2.49. The van der Waals surface area contributed by atoms with Gasteiger partial charge in [-0.2, -0.15) is 5.10 Å². The molecule has 0 saturated carbocycles. The molecule has 0 saturated heterocycles. The first kappa shape index (κ1) is 11.4. The highest BCUT2D eigenvalue weighted by molar-refractivity contribution is 7.09. The fraction of sp³-hybridized carbons (Fsp3) is 0.417. The molecular formula is C12H17N3S. The Hall–Kier alpha value is -1.13. The second kappa shape index (κ2) is 5.82. The van der Waals surface area contributed by atoms with Crippen LogP contribution in [0.3, 0.4) is 0 Å². The highest BCUT2D eigenvalue weighted by atomic mass is 32.1. The number of rotatable bonds is 6. The second-order valence-electron chi connectivity index (χ2n) is 3.80. The van der Waals surface area contributed by atoms with E-state index in [9.17, 15) is 0 Å². The van der Waals surface area contributed by atoms with Crippen molar-refractivity contribution in [1.82, 2.24) is 15.1 Å². The van der Waals surface area contributed by atoms with E-state index in [2.05, 4.69) is 41.0 Å². The molecule has 0 aliphatic rings. The number of nitrogens with zero attached hydrogens (tertiary/aromatic N) is 2. The zero-order chi connectivity index (χ0) is 11.2. The molecule has 4 heteroatoms. The first-order chi connectivity index (χ1) is 7.88. The van der Waals surface area contributed by atoms with E-state index in [0.717, 1.165) is 19.6 Å². The molecule has 2 aromatic heterocycles. The third-order valence-corrected chi connectivity index (χ3v) is 3.20. The van der Waals surface area contributed by atoms with Crippen LogP contribution in [0.5, 0.6) is 0 Å². The quantitative estimate of drug-likeness (QED) is 0.780. The molecule has 0 radical (unpaired) electrons. The van der Waals surface area contributed by atoms with E-state index in [4.69, 9.17) is 0 Å². The maximum absolute atomic E-state index is 4.35. The van der Waals surface area contributed by atoms with Gasteiger partial charge >= 0.3 is 0 Å². The zero-order valence-electron chi connectivity index (χ0n) is 9.52. The smallest absolute Gasteiger partial charge is 0.0752 e. The number of thiophene rings is 1. The van der Waals surface area contributed by atoms with Crippen LogP contribution in [-0.2, 0) is 13.1 Å². The third-order valence-electron chi connectivity index (χ3n) is 2.34. The Morgan fingerprint density at radius 1 is 1.50 bits per heavy atom. The molecule has 86 valence electrons. The zero-order valence-corrected chi connectivity index (χ0v) is 10.3. The summed E-state index contributed by atoms with van der Waals surface area (Å²) in [5.74, 6) is 0. The lowest BCUT2D eigenvalue weighted by Gasteiger charge is -1.99. The van der Waals surface area contributed by atoms with Crippen LogP contribution in [0.15, 0.2) is 29.9 Å². The van der Waals surface area contributed by atoms with Gasteiger partial charge in [-0.3, -0.25) is 4.68 Å². The van der Waals surface area contributed by atoms with Crippen molar-refractivity contribution in [3.63, 3.8) is 0 Å². The summed E-state index contributed by atoms with van der Waals surface area (Å²) in [6.07, 6.45) is 5.22. The van der Waals surface area contributed by atoms with E-state index in [1.165, 1.54) is 16.9 Å². The van der Waals surface area contributed by atoms with E-state index in [1.807, 2.05) is 10.9 Å². The summed E-state index contributed by atoms with van der Waals surface area (Å²) < 4.78 is 1.99. The van der Waals surface area contributed by atoms with Crippen molar-refractivity contribution in [2.45, 2.75) is 26.4 Å². The lowest BCUT2D eigenvalue weighted by molar-refractivity contribution is 0.670. The van der Waals surface area contributed by atoms with Crippen molar-refractivity contribution < 1.29 is 0 Å². The monoisotopic (exact) mass is 235 g/mol. The van der Waals surface area contributed by atoms with Gasteiger partial charge in [-0.15, -0.1) is 11.3 Å². The van der Waals surface area contributed by atoms with Gasteiger partial charge in [0.25, 0.3) is 0 Å². The van der Waals surface area contributed by atoms with Crippen LogP contribution in [0.25, 0.3) is 0 Å². The molecule has 0 atom stereocenters. The molecule has 0 aliphatic carbocycles. The maximum atomic E-state index is 4.35. The van der Waals surface area contributed by atoms with Crippen molar-refractivity contribution in [2.75, 3.05) is 6.54 Å². The standard InChI is InChI=1S/C12H17N3S/c1-2-5-13-7-11-8-14-15(9-11)10-12-4-3-6-16-12/h3-4,6,8-9,13H,2,5,7,10H2,1H3. The lowest BCUT2D eigenvalue weighted by atomic mass is 10.3. The second-order valence-corrected chi connectivity index (χ2v) is 4.83. The molecule has 2 aromatic rings. The SMILES string of the molecule is CCCNCc1cnn(Cc2cccs2)c1. The Labute approximate surface area is 100 Å². The minimum atomic E-state index is 0.880. The molecule has 2 rings (SSSR count). The summed E-state index contributed by atoms with van der Waals surface area (Å²) in [6.45, 7) is 5.03. The van der Waals surface area contributed by atoms with Crippen molar-refractivity contribution >= 4 is 11.3 Å². The molecule has 1 N–H and O–H groups in total. The molecule has 0 spiro atoms. The van der Waals surface area contributed by atoms with Crippen LogP contribution < -0.4 is 5.32 Å². The van der Waals surface area contributed by atoms with Crippen LogP contribution in [0.4, 0.5) is 0 Å². The van der Waals surface area contributed by atoms with Crippen LogP contribution in [0.2, 0.25) is 0 Å². The van der Waals surface area contributed by atoms with Crippen molar-refractivity contribution in [3.05, 3.63) is 40.3 Å². The van der Waals surface area contributed by atoms with Gasteiger partial charge in [-0.05, 0) is 24.4 Å². The topological polar surface area (TPSA) is 29.9 Å². The van der Waals surface area contributed by atoms with Crippen LogP contribution in [-0.4, -0.2) is 16.3 Å². The summed E-state index contributed by atoms with van der Waals surface area (Å²) in [5, 5.41) is 9.83. The summed E-state index contributed by atoms with van der Waals surface area (Å²) >= 11 is 1.77. The largest absolute Gasteiger partial charge is 0.313 e. The first-order valence-electron chi connectivity index (χ1n) is 5.63. The number of aromatic nitrogens is 2. The fourth-order valence-corrected chi connectivity index (χ4v) is 2.25. The number of nitrogens with one attached hydrogen (secondary N) is 1. The van der Waals surface area contributed by atoms with Crippen LogP contribution in [0.1, 0.15) is 23.8 Å². The first-order valence-corrected chi connectivity index (χ1v) is 6.51. The summed E-state index contributed by atoms with van der Waals surface area (Å²) in [4.78, 5) is 1.34. The Balaban J connectivity index is 1.87. The number of hydrogen-bond donors (Lipinski definition) is 1. The highest BCUT2D eigenvalue weighted by Crippen LogP contribution is 2.10. The van der Waals surface area contributed by atoms with E-state index < -0.39 is 0 Å². The molecule has 16 heavy (non-hydrogen) atoms. The molecule has 0 amide bonds. The van der Waals surface area contributed by atoms with Gasteiger partial charge in [0, 0.05) is 23.2 Å². The van der Waals surface area contributed by atoms with E-state index in [0.29, 0.717) is 0 Å². The van der Waals surface area contributed by atoms with Gasteiger partial charge in [0.1, 0.15) is 0 Å². The molecule has 0 unspecified atom stereocenters. The van der Waals surface area contributed by atoms with E-state index in [-0.39, 0.29) is 0 Å². The van der Waals surface area contributed by atoms with Gasteiger partial charge in [-0.25, -0.2) is 0 Å². The Kier molecular flexibility index (Phi) is 4.13. The Morgan fingerprint density at radius 3 is 3.19 bits per heavy atom. The summed E-state index contributed by atoms with van der Waals surface area (Å²) in [6, 6.07) is 4.22. The molecule has 0 fully saturated rings. The molecule has 3 nitrogen and oxygen atoms in total. The van der Waals surface area contributed by atoms with E-state index in [1.54, 1.807) is 11.3 Å². The van der Waals surface area contributed by atoms with Crippen LogP contribution >= 0.6 is 11.3 Å². The average molecular weight is 235 g/mol. The van der Waals surface area contributed by atoms with Crippen LogP contribution in [0, 0.1) is 0 Å². The number of hydrogen-bond acceptors (Lipinski definition) is 3. The Bertz CT molecular complexity index is 406. The van der Waals surface area contributed by atoms with Gasteiger partial charge < -0.3 is 5.32 Å². The van der Waals surface area contributed by atoms with Gasteiger partial charge in [-0.1, -0.05) is 13.0 Å². The third kappa shape index (κ3) is 3.18. The fourth-order valence-electron chi connectivity index (χ4n) is 1.56. The predicted molar refractivity (Wildman–Crippen MR) is 67.6 cm³/mol. The normalized spacial score (nSPS) is 10.8. The minimum absolute atomic E-state index is 0.880.